The van der Waals surface area contributed by atoms with Crippen molar-refractivity contribution >= 4 is 30.5 Å². The van der Waals surface area contributed by atoms with Crippen LogP contribution in [0.3, 0.4) is 0 Å². The van der Waals surface area contributed by atoms with E-state index in [4.69, 9.17) is 11.6 Å². The zero-order valence-corrected chi connectivity index (χ0v) is 17.3. The predicted molar refractivity (Wildman–Crippen MR) is 114 cm³/mol. The van der Waals surface area contributed by atoms with E-state index in [0.717, 1.165) is 5.56 Å². The molecule has 0 bridgehead atoms. The molecule has 0 aliphatic carbocycles. The molecule has 2 aromatic carbocycles. The fourth-order valence-electron chi connectivity index (χ4n) is 2.99. The molecule has 4 N–H and O–H groups in total. The Kier molecular flexibility index (Phi) is 8.70. The maximum atomic E-state index is 12.6. The van der Waals surface area contributed by atoms with Gasteiger partial charge in [-0.15, -0.1) is 0 Å². The summed E-state index contributed by atoms with van der Waals surface area (Å²) in [6.07, 6.45) is 0.368. The average molecular weight is 417 g/mol. The lowest BCUT2D eigenvalue weighted by molar-refractivity contribution is -0.122. The van der Waals surface area contributed by atoms with Crippen LogP contribution in [-0.4, -0.2) is 34.9 Å². The van der Waals surface area contributed by atoms with Crippen LogP contribution in [0.4, 0.5) is 0 Å². The lowest BCUT2D eigenvalue weighted by atomic mass is 9.75. The van der Waals surface area contributed by atoms with E-state index in [1.165, 1.54) is 0 Å². The molecule has 0 aromatic heterocycles. The van der Waals surface area contributed by atoms with E-state index < -0.39 is 25.0 Å². The highest BCUT2D eigenvalue weighted by molar-refractivity contribution is 6.43. The average Bonchev–Trinajstić information content (AvgIpc) is 2.67. The van der Waals surface area contributed by atoms with Gasteiger partial charge in [-0.2, -0.15) is 0 Å². The summed E-state index contributed by atoms with van der Waals surface area (Å²) in [7, 11) is -1.66. The fraction of sp³-hybridized carbons (Fsp3) is 0.333. The van der Waals surface area contributed by atoms with Crippen molar-refractivity contribution in [2.75, 3.05) is 0 Å². The van der Waals surface area contributed by atoms with Crippen LogP contribution in [0.25, 0.3) is 0 Å². The zero-order valence-electron chi connectivity index (χ0n) is 16.5. The van der Waals surface area contributed by atoms with E-state index in [0.29, 0.717) is 17.0 Å². The number of hydrogen-bond donors (Lipinski definition) is 4. The number of benzene rings is 2. The number of amides is 2. The monoisotopic (exact) mass is 416 g/mol. The van der Waals surface area contributed by atoms with Gasteiger partial charge < -0.3 is 20.7 Å². The highest BCUT2D eigenvalue weighted by Gasteiger charge is 2.27. The van der Waals surface area contributed by atoms with Crippen molar-refractivity contribution in [3.63, 3.8) is 0 Å². The summed E-state index contributed by atoms with van der Waals surface area (Å²) in [5, 5.41) is 25.2. The molecule has 6 nitrogen and oxygen atoms in total. The highest BCUT2D eigenvalue weighted by Crippen LogP contribution is 2.20. The quantitative estimate of drug-likeness (QED) is 0.472. The molecule has 154 valence electrons. The molecule has 2 rings (SSSR count). The van der Waals surface area contributed by atoms with Crippen molar-refractivity contribution < 1.29 is 19.6 Å². The van der Waals surface area contributed by atoms with E-state index >= 15 is 0 Å². The van der Waals surface area contributed by atoms with Gasteiger partial charge in [0, 0.05) is 10.6 Å². The number of carbonyl (C=O) groups excluding carboxylic acids is 2. The molecule has 8 heteroatoms. The summed E-state index contributed by atoms with van der Waals surface area (Å²) < 4.78 is 0. The summed E-state index contributed by atoms with van der Waals surface area (Å²) in [5.41, 5.74) is 1.20. The molecule has 29 heavy (non-hydrogen) atoms. The second-order valence-electron chi connectivity index (χ2n) is 7.36. The van der Waals surface area contributed by atoms with Crippen molar-refractivity contribution in [2.45, 2.75) is 38.7 Å². The van der Waals surface area contributed by atoms with Crippen LogP contribution in [0.15, 0.2) is 54.6 Å². The summed E-state index contributed by atoms with van der Waals surface area (Å²) in [5.74, 6) is -1.30. The third kappa shape index (κ3) is 7.53. The highest BCUT2D eigenvalue weighted by atomic mass is 35.5. The number of carbonyl (C=O) groups is 2. The Morgan fingerprint density at radius 3 is 2.17 bits per heavy atom. The first-order chi connectivity index (χ1) is 13.8. The van der Waals surface area contributed by atoms with E-state index in [1.807, 2.05) is 19.9 Å². The Balaban J connectivity index is 2.15. The number of halogens is 1. The molecule has 0 saturated carbocycles. The van der Waals surface area contributed by atoms with Gasteiger partial charge in [0.25, 0.3) is 5.91 Å². The molecule has 1 unspecified atom stereocenters. The molecular formula is C21H26BClN2O4. The van der Waals surface area contributed by atoms with Crippen molar-refractivity contribution in [1.82, 2.24) is 10.6 Å². The van der Waals surface area contributed by atoms with Crippen molar-refractivity contribution in [3.8, 4) is 0 Å². The van der Waals surface area contributed by atoms with Crippen LogP contribution < -0.4 is 10.6 Å². The van der Waals surface area contributed by atoms with Crippen LogP contribution >= 0.6 is 11.6 Å². The van der Waals surface area contributed by atoms with Gasteiger partial charge in [-0.3, -0.25) is 9.59 Å². The maximum absolute atomic E-state index is 12.6. The van der Waals surface area contributed by atoms with Gasteiger partial charge in [0.2, 0.25) is 5.91 Å². The summed E-state index contributed by atoms with van der Waals surface area (Å²) >= 11 is 5.95. The number of rotatable bonds is 9. The molecule has 0 fully saturated rings. The molecular weight excluding hydrogens is 391 g/mol. The summed E-state index contributed by atoms with van der Waals surface area (Å²) in [4.78, 5) is 25.2. The van der Waals surface area contributed by atoms with Crippen LogP contribution in [0, 0.1) is 5.92 Å². The van der Waals surface area contributed by atoms with Crippen LogP contribution in [0.2, 0.25) is 5.02 Å². The van der Waals surface area contributed by atoms with E-state index in [-0.39, 0.29) is 18.2 Å². The van der Waals surface area contributed by atoms with Gasteiger partial charge in [-0.1, -0.05) is 55.8 Å². The Bertz CT molecular complexity index is 800. The third-order valence-electron chi connectivity index (χ3n) is 4.43. The predicted octanol–water partition coefficient (Wildman–Crippen LogP) is 2.74. The molecule has 0 saturated heterocycles. The van der Waals surface area contributed by atoms with E-state index in [2.05, 4.69) is 10.6 Å². The van der Waals surface area contributed by atoms with Gasteiger partial charge in [-0.05, 0) is 42.2 Å². The Morgan fingerprint density at radius 1 is 1.00 bits per heavy atom. The molecule has 0 radical (unpaired) electrons. The van der Waals surface area contributed by atoms with Gasteiger partial charge in [0.1, 0.15) is 0 Å². The van der Waals surface area contributed by atoms with Crippen molar-refractivity contribution in [2.24, 2.45) is 5.92 Å². The van der Waals surface area contributed by atoms with Crippen LogP contribution in [0.5, 0.6) is 0 Å². The van der Waals surface area contributed by atoms with Gasteiger partial charge in [0.05, 0.1) is 18.4 Å². The minimum absolute atomic E-state index is 0.0540. The Labute approximate surface area is 176 Å². The van der Waals surface area contributed by atoms with Crippen LogP contribution in [-0.2, 0) is 4.79 Å². The largest absolute Gasteiger partial charge is 0.475 e. The Hall–Kier alpha value is -2.35. The Morgan fingerprint density at radius 2 is 1.62 bits per heavy atom. The van der Waals surface area contributed by atoms with Crippen molar-refractivity contribution in [3.05, 3.63) is 70.7 Å². The van der Waals surface area contributed by atoms with E-state index in [1.54, 1.807) is 48.5 Å². The minimum atomic E-state index is -1.66. The van der Waals surface area contributed by atoms with E-state index in [9.17, 15) is 19.6 Å². The SMILES string of the molecule is CC(C)C[C@H](NC(=O)CC(NC(=O)c1ccccc1)c1ccc(Cl)cc1)B(O)O. The fourth-order valence-corrected chi connectivity index (χ4v) is 3.12. The van der Waals surface area contributed by atoms with Crippen LogP contribution in [0.1, 0.15) is 48.7 Å². The molecule has 2 aromatic rings. The maximum Gasteiger partial charge on any atom is 0.475 e. The molecule has 0 aliphatic rings. The molecule has 0 aliphatic heterocycles. The second-order valence-corrected chi connectivity index (χ2v) is 7.80. The number of hydrogen-bond acceptors (Lipinski definition) is 4. The second kappa shape index (κ2) is 11.0. The summed E-state index contributed by atoms with van der Waals surface area (Å²) in [6, 6.07) is 15.0. The number of nitrogens with one attached hydrogen (secondary N) is 2. The molecule has 2 amide bonds. The third-order valence-corrected chi connectivity index (χ3v) is 4.69. The van der Waals surface area contributed by atoms with Gasteiger partial charge >= 0.3 is 7.12 Å². The molecule has 0 heterocycles. The normalized spacial score (nSPS) is 12.9. The molecule has 2 atom stereocenters. The van der Waals surface area contributed by atoms with Gasteiger partial charge in [-0.25, -0.2) is 0 Å². The first-order valence-electron chi connectivity index (χ1n) is 9.53. The standard InChI is InChI=1S/C21H26BClN2O4/c1-14(2)12-19(22(28)29)25-20(26)13-18(15-8-10-17(23)11-9-15)24-21(27)16-6-4-3-5-7-16/h3-11,14,18-19,28-29H,12-13H2,1-2H3,(H,24,27)(H,25,26)/t18?,19-/m0/s1. The summed E-state index contributed by atoms with van der Waals surface area (Å²) in [6.45, 7) is 3.86. The minimum Gasteiger partial charge on any atom is -0.426 e. The lowest BCUT2D eigenvalue weighted by Gasteiger charge is -2.23. The topological polar surface area (TPSA) is 98.7 Å². The van der Waals surface area contributed by atoms with Crippen molar-refractivity contribution in [1.29, 1.82) is 0 Å². The lowest BCUT2D eigenvalue weighted by Crippen LogP contribution is -2.48. The molecule has 0 spiro atoms. The first-order valence-corrected chi connectivity index (χ1v) is 9.91. The first kappa shape index (κ1) is 22.9. The van der Waals surface area contributed by atoms with Gasteiger partial charge in [0.15, 0.2) is 0 Å². The smallest absolute Gasteiger partial charge is 0.426 e. The zero-order chi connectivity index (χ0) is 21.4.